The Morgan fingerprint density at radius 1 is 1.33 bits per heavy atom. The number of benzene rings is 1. The van der Waals surface area contributed by atoms with Crippen LogP contribution >= 0.6 is 21.6 Å². The number of anilines is 1. The topological polar surface area (TPSA) is 12.0 Å². The number of hydrogen-bond acceptors (Lipinski definition) is 3. The molecule has 2 heterocycles. The van der Waals surface area contributed by atoms with Gasteiger partial charge in [-0.15, -0.1) is 0 Å². The maximum Gasteiger partial charge on any atom is 0.253 e. The SMILES string of the molecule is C[S+]=C1SSC2C1c1cc(C)ccc1NC2(C)C. The van der Waals surface area contributed by atoms with Crippen molar-refractivity contribution in [2.75, 3.05) is 11.6 Å². The van der Waals surface area contributed by atoms with Crippen LogP contribution in [0.3, 0.4) is 0 Å². The molecule has 18 heavy (non-hydrogen) atoms. The van der Waals surface area contributed by atoms with Gasteiger partial charge in [0.2, 0.25) is 0 Å². The molecule has 1 fully saturated rings. The largest absolute Gasteiger partial charge is 0.379 e. The van der Waals surface area contributed by atoms with Crippen molar-refractivity contribution in [2.24, 2.45) is 0 Å². The molecule has 1 nitrogen and oxygen atoms in total. The molecule has 1 aromatic rings. The van der Waals surface area contributed by atoms with Crippen LogP contribution < -0.4 is 5.32 Å². The smallest absolute Gasteiger partial charge is 0.253 e. The van der Waals surface area contributed by atoms with Gasteiger partial charge in [0.25, 0.3) is 4.20 Å². The molecule has 0 amide bonds. The predicted molar refractivity (Wildman–Crippen MR) is 88.9 cm³/mol. The summed E-state index contributed by atoms with van der Waals surface area (Å²) in [6, 6.07) is 6.81. The standard InChI is InChI=1S/C14H18NS3/c1-8-5-6-10-9(7-8)11-12(14(2,3)15-10)17-18-13(11)16-4/h5-7,11-12,15H,1-4H3/q+1. The first-order chi connectivity index (χ1) is 8.53. The number of hydrogen-bond donors (Lipinski definition) is 1. The minimum Gasteiger partial charge on any atom is -0.379 e. The minimum absolute atomic E-state index is 0.155. The molecular weight excluding hydrogens is 278 g/mol. The van der Waals surface area contributed by atoms with Crippen molar-refractivity contribution in [1.29, 1.82) is 0 Å². The number of fused-ring (bicyclic) bond motifs is 3. The highest BCUT2D eigenvalue weighted by Crippen LogP contribution is 2.56. The van der Waals surface area contributed by atoms with E-state index in [-0.39, 0.29) is 5.54 Å². The van der Waals surface area contributed by atoms with E-state index in [4.69, 9.17) is 0 Å². The van der Waals surface area contributed by atoms with Crippen molar-refractivity contribution in [1.82, 2.24) is 0 Å². The van der Waals surface area contributed by atoms with Crippen LogP contribution in [0, 0.1) is 6.92 Å². The van der Waals surface area contributed by atoms with E-state index in [0.717, 1.165) is 0 Å². The van der Waals surface area contributed by atoms with Crippen LogP contribution in [-0.2, 0) is 11.4 Å². The van der Waals surface area contributed by atoms with Crippen molar-refractivity contribution in [3.8, 4) is 0 Å². The Hall–Kier alpha value is -0.190. The first kappa shape index (κ1) is 12.8. The van der Waals surface area contributed by atoms with Crippen molar-refractivity contribution in [2.45, 2.75) is 37.5 Å². The number of rotatable bonds is 0. The van der Waals surface area contributed by atoms with E-state index in [0.29, 0.717) is 11.2 Å². The summed E-state index contributed by atoms with van der Waals surface area (Å²) in [6.45, 7) is 6.83. The zero-order chi connectivity index (χ0) is 12.9. The fraction of sp³-hybridized carbons (Fsp3) is 0.500. The van der Waals surface area contributed by atoms with Crippen molar-refractivity contribution < 1.29 is 0 Å². The lowest BCUT2D eigenvalue weighted by atomic mass is 9.80. The van der Waals surface area contributed by atoms with Gasteiger partial charge >= 0.3 is 0 Å². The van der Waals surface area contributed by atoms with Crippen LogP contribution in [0.25, 0.3) is 0 Å². The van der Waals surface area contributed by atoms with Gasteiger partial charge in [-0.2, -0.15) is 0 Å². The third-order valence-corrected chi connectivity index (χ3v) is 8.46. The molecule has 2 aliphatic heterocycles. The molecule has 1 N–H and O–H groups in total. The van der Waals surface area contributed by atoms with Crippen molar-refractivity contribution >= 4 is 42.8 Å². The Kier molecular flexibility index (Phi) is 3.15. The monoisotopic (exact) mass is 296 g/mol. The second kappa shape index (κ2) is 4.43. The fourth-order valence-corrected chi connectivity index (χ4v) is 7.94. The van der Waals surface area contributed by atoms with Crippen LogP contribution in [0.4, 0.5) is 5.69 Å². The summed E-state index contributed by atoms with van der Waals surface area (Å²) in [5, 5.41) is 4.35. The minimum atomic E-state index is 0.155. The average molecular weight is 297 g/mol. The van der Waals surface area contributed by atoms with Gasteiger partial charge in [-0.3, -0.25) is 0 Å². The van der Waals surface area contributed by atoms with Crippen molar-refractivity contribution in [3.63, 3.8) is 0 Å². The lowest BCUT2D eigenvalue weighted by Crippen LogP contribution is -2.48. The van der Waals surface area contributed by atoms with Gasteiger partial charge < -0.3 is 5.32 Å². The van der Waals surface area contributed by atoms with Gasteiger partial charge in [0, 0.05) is 22.0 Å². The first-order valence-corrected chi connectivity index (χ1v) is 9.59. The normalized spacial score (nSPS) is 30.8. The quantitative estimate of drug-likeness (QED) is 0.443. The van der Waals surface area contributed by atoms with Gasteiger partial charge in [0.1, 0.15) is 0 Å². The summed E-state index contributed by atoms with van der Waals surface area (Å²) in [4.78, 5) is 0. The Bertz CT molecular complexity index is 522. The fourth-order valence-electron chi connectivity index (χ4n) is 2.79. The van der Waals surface area contributed by atoms with Gasteiger partial charge in [-0.25, -0.2) is 0 Å². The molecule has 2 aliphatic rings. The summed E-state index contributed by atoms with van der Waals surface area (Å²) >= 11 is 1.92. The summed E-state index contributed by atoms with van der Waals surface area (Å²) < 4.78 is 1.56. The van der Waals surface area contributed by atoms with Gasteiger partial charge in [0.15, 0.2) is 17.6 Å². The van der Waals surface area contributed by atoms with Crippen LogP contribution in [0.5, 0.6) is 0 Å². The molecule has 0 aliphatic carbocycles. The maximum atomic E-state index is 3.72. The summed E-state index contributed by atoms with van der Waals surface area (Å²) in [5.41, 5.74) is 4.32. The number of nitrogens with one attached hydrogen (secondary N) is 1. The Labute approximate surface area is 121 Å². The highest BCUT2D eigenvalue weighted by molar-refractivity contribution is 8.84. The molecule has 0 bridgehead atoms. The third-order valence-electron chi connectivity index (χ3n) is 3.70. The molecule has 1 saturated heterocycles. The molecule has 96 valence electrons. The van der Waals surface area contributed by atoms with Gasteiger partial charge in [-0.1, -0.05) is 28.5 Å². The van der Waals surface area contributed by atoms with Crippen LogP contribution in [0.15, 0.2) is 18.2 Å². The highest BCUT2D eigenvalue weighted by Gasteiger charge is 2.51. The molecule has 0 spiro atoms. The van der Waals surface area contributed by atoms with E-state index in [1.165, 1.54) is 16.8 Å². The first-order valence-electron chi connectivity index (χ1n) is 6.16. The molecule has 3 rings (SSSR count). The van der Waals surface area contributed by atoms with Crippen LogP contribution in [-0.4, -0.2) is 21.2 Å². The Morgan fingerprint density at radius 2 is 2.11 bits per heavy atom. The van der Waals surface area contributed by atoms with E-state index in [2.05, 4.69) is 50.5 Å². The molecule has 2 unspecified atom stereocenters. The lowest BCUT2D eigenvalue weighted by Gasteiger charge is -2.41. The average Bonchev–Trinajstić information content (AvgIpc) is 2.75. The third kappa shape index (κ3) is 1.89. The molecule has 4 heteroatoms. The summed E-state index contributed by atoms with van der Waals surface area (Å²) in [6.07, 6.45) is 2.20. The maximum absolute atomic E-state index is 3.72. The molecule has 1 aromatic carbocycles. The Morgan fingerprint density at radius 3 is 2.83 bits per heavy atom. The summed E-state index contributed by atoms with van der Waals surface area (Å²) in [7, 11) is 4.01. The molecule has 0 radical (unpaired) electrons. The van der Waals surface area contributed by atoms with Crippen LogP contribution in [0.1, 0.15) is 30.9 Å². The predicted octanol–water partition coefficient (Wildman–Crippen LogP) is 3.89. The molecule has 2 atom stereocenters. The number of aryl methyl sites for hydroxylation is 1. The van der Waals surface area contributed by atoms with Gasteiger partial charge in [0.05, 0.1) is 11.2 Å². The van der Waals surface area contributed by atoms with E-state index >= 15 is 0 Å². The van der Waals surface area contributed by atoms with E-state index in [1.807, 2.05) is 32.9 Å². The lowest BCUT2D eigenvalue weighted by molar-refractivity contribution is 0.507. The van der Waals surface area contributed by atoms with E-state index < -0.39 is 0 Å². The highest BCUT2D eigenvalue weighted by atomic mass is 33.1. The van der Waals surface area contributed by atoms with Gasteiger partial charge in [-0.05, 0) is 32.4 Å². The zero-order valence-electron chi connectivity index (χ0n) is 11.1. The molecule has 0 saturated carbocycles. The molecule has 0 aromatic heterocycles. The second-order valence-corrected chi connectivity index (χ2v) is 9.03. The Balaban J connectivity index is 2.18. The second-order valence-electron chi connectivity index (χ2n) is 5.54. The summed E-state index contributed by atoms with van der Waals surface area (Å²) in [5.74, 6) is 0.584. The molecular formula is C14H18NS3+. The van der Waals surface area contributed by atoms with Crippen molar-refractivity contribution in [3.05, 3.63) is 29.3 Å². The van der Waals surface area contributed by atoms with E-state index in [1.54, 1.807) is 4.20 Å². The van der Waals surface area contributed by atoms with E-state index in [9.17, 15) is 0 Å². The zero-order valence-corrected chi connectivity index (χ0v) is 13.6. The van der Waals surface area contributed by atoms with Crippen LogP contribution in [0.2, 0.25) is 0 Å².